The topological polar surface area (TPSA) is 34.9 Å². The van der Waals surface area contributed by atoms with Gasteiger partial charge in [0.1, 0.15) is 5.82 Å². The fourth-order valence-electron chi connectivity index (χ4n) is 2.82. The molecule has 104 valence electrons. The molecule has 3 aromatic rings. The predicted molar refractivity (Wildman–Crippen MR) is 89.8 cm³/mol. The van der Waals surface area contributed by atoms with Crippen LogP contribution in [0.3, 0.4) is 0 Å². The lowest BCUT2D eigenvalue weighted by molar-refractivity contribution is 0.659. The minimum atomic E-state index is 0.0199. The van der Waals surface area contributed by atoms with Gasteiger partial charge in [0, 0.05) is 15.4 Å². The first-order valence-corrected chi connectivity index (χ1v) is 8.17. The molecule has 1 aliphatic heterocycles. The van der Waals surface area contributed by atoms with Crippen molar-refractivity contribution in [1.82, 2.24) is 9.55 Å². The Bertz CT molecular complexity index is 947. The third-order valence-corrected chi connectivity index (χ3v) is 4.91. The average molecular weight is 406 g/mol. The lowest BCUT2D eigenvalue weighted by atomic mass is 10.0. The van der Waals surface area contributed by atoms with Gasteiger partial charge in [0.25, 0.3) is 5.56 Å². The number of hydrogen-bond donors (Lipinski definition) is 0. The van der Waals surface area contributed by atoms with Gasteiger partial charge in [-0.05, 0) is 39.2 Å². The first-order chi connectivity index (χ1) is 10.1. The average Bonchev–Trinajstić information content (AvgIpc) is 2.47. The molecule has 0 atom stereocenters. The van der Waals surface area contributed by atoms with Crippen molar-refractivity contribution in [1.29, 1.82) is 0 Å². The highest BCUT2D eigenvalue weighted by Crippen LogP contribution is 2.27. The molecule has 3 nitrogen and oxygen atoms in total. The third-order valence-electron chi connectivity index (χ3n) is 3.85. The van der Waals surface area contributed by atoms with E-state index in [1.807, 2.05) is 24.3 Å². The molecule has 0 aliphatic carbocycles. The van der Waals surface area contributed by atoms with Crippen LogP contribution in [0.4, 0.5) is 0 Å². The molecule has 0 unspecified atom stereocenters. The van der Waals surface area contributed by atoms with E-state index in [4.69, 9.17) is 4.98 Å². The monoisotopic (exact) mass is 404 g/mol. The van der Waals surface area contributed by atoms with E-state index in [0.29, 0.717) is 18.4 Å². The SMILES string of the molecule is O=c1c2cc(Br)cc(Br)c2nc2n1Cc1ccccc1C2. The van der Waals surface area contributed by atoms with Crippen LogP contribution in [-0.4, -0.2) is 9.55 Å². The van der Waals surface area contributed by atoms with E-state index < -0.39 is 0 Å². The number of hydrogen-bond acceptors (Lipinski definition) is 2. The van der Waals surface area contributed by atoms with Crippen molar-refractivity contribution in [2.45, 2.75) is 13.0 Å². The van der Waals surface area contributed by atoms with Crippen LogP contribution in [0.2, 0.25) is 0 Å². The Kier molecular flexibility index (Phi) is 3.01. The van der Waals surface area contributed by atoms with Gasteiger partial charge in [0.05, 0.1) is 17.4 Å². The maximum Gasteiger partial charge on any atom is 0.261 e. The van der Waals surface area contributed by atoms with Crippen LogP contribution in [0.1, 0.15) is 17.0 Å². The first-order valence-electron chi connectivity index (χ1n) is 6.59. The number of fused-ring (bicyclic) bond motifs is 3. The predicted octanol–water partition coefficient (Wildman–Crippen LogP) is 3.87. The number of benzene rings is 2. The maximum atomic E-state index is 12.8. The molecule has 5 heteroatoms. The normalized spacial score (nSPS) is 13.0. The van der Waals surface area contributed by atoms with E-state index >= 15 is 0 Å². The van der Waals surface area contributed by atoms with Crippen molar-refractivity contribution in [2.75, 3.05) is 0 Å². The molecule has 0 N–H and O–H groups in total. The highest BCUT2D eigenvalue weighted by Gasteiger charge is 2.19. The molecule has 0 bridgehead atoms. The molecule has 0 amide bonds. The van der Waals surface area contributed by atoms with Crippen molar-refractivity contribution < 1.29 is 0 Å². The van der Waals surface area contributed by atoms with Gasteiger partial charge in [0.2, 0.25) is 0 Å². The zero-order valence-corrected chi connectivity index (χ0v) is 14.1. The van der Waals surface area contributed by atoms with Crippen molar-refractivity contribution in [3.8, 4) is 0 Å². The quantitative estimate of drug-likeness (QED) is 0.445. The largest absolute Gasteiger partial charge is 0.291 e. The van der Waals surface area contributed by atoms with Crippen molar-refractivity contribution in [2.24, 2.45) is 0 Å². The minimum absolute atomic E-state index is 0.0199. The van der Waals surface area contributed by atoms with Gasteiger partial charge >= 0.3 is 0 Å². The van der Waals surface area contributed by atoms with Crippen LogP contribution in [0, 0.1) is 0 Å². The summed E-state index contributed by atoms with van der Waals surface area (Å²) in [6, 6.07) is 12.0. The van der Waals surface area contributed by atoms with Crippen LogP contribution in [0.15, 0.2) is 50.1 Å². The first kappa shape index (κ1) is 13.2. The summed E-state index contributed by atoms with van der Waals surface area (Å²) in [5, 5.41) is 0.638. The summed E-state index contributed by atoms with van der Waals surface area (Å²) >= 11 is 6.93. The maximum absolute atomic E-state index is 12.8. The zero-order valence-electron chi connectivity index (χ0n) is 10.9. The van der Waals surface area contributed by atoms with Gasteiger partial charge in [0.15, 0.2) is 0 Å². The van der Waals surface area contributed by atoms with E-state index in [1.54, 1.807) is 4.57 Å². The Balaban J connectivity index is 2.03. The fraction of sp³-hybridized carbons (Fsp3) is 0.125. The molecule has 0 saturated heterocycles. The summed E-state index contributed by atoms with van der Waals surface area (Å²) < 4.78 is 3.49. The lowest BCUT2D eigenvalue weighted by Crippen LogP contribution is -2.29. The summed E-state index contributed by atoms with van der Waals surface area (Å²) in [6.07, 6.45) is 0.698. The molecule has 0 spiro atoms. The summed E-state index contributed by atoms with van der Waals surface area (Å²) in [4.78, 5) is 17.5. The van der Waals surface area contributed by atoms with E-state index in [9.17, 15) is 4.79 Å². The van der Waals surface area contributed by atoms with Gasteiger partial charge in [-0.1, -0.05) is 40.2 Å². The van der Waals surface area contributed by atoms with E-state index in [0.717, 1.165) is 20.3 Å². The Labute approximate surface area is 137 Å². The van der Waals surface area contributed by atoms with Crippen LogP contribution in [0.5, 0.6) is 0 Å². The molecular weight excluding hydrogens is 396 g/mol. The van der Waals surface area contributed by atoms with Crippen LogP contribution < -0.4 is 5.56 Å². The minimum Gasteiger partial charge on any atom is -0.291 e. The molecule has 21 heavy (non-hydrogen) atoms. The van der Waals surface area contributed by atoms with Crippen LogP contribution in [-0.2, 0) is 13.0 Å². The summed E-state index contributed by atoms with van der Waals surface area (Å²) in [5.41, 5.74) is 3.19. The smallest absolute Gasteiger partial charge is 0.261 e. The zero-order chi connectivity index (χ0) is 14.6. The van der Waals surface area contributed by atoms with Gasteiger partial charge in [-0.3, -0.25) is 9.36 Å². The molecule has 0 radical (unpaired) electrons. The molecule has 2 heterocycles. The number of rotatable bonds is 0. The Hall–Kier alpha value is -1.46. The molecule has 1 aliphatic rings. The molecule has 4 rings (SSSR count). The molecular formula is C16H10Br2N2O. The van der Waals surface area contributed by atoms with Crippen molar-refractivity contribution in [3.63, 3.8) is 0 Å². The highest BCUT2D eigenvalue weighted by molar-refractivity contribution is 9.11. The van der Waals surface area contributed by atoms with E-state index in [-0.39, 0.29) is 5.56 Å². The Morgan fingerprint density at radius 3 is 2.67 bits per heavy atom. The van der Waals surface area contributed by atoms with E-state index in [1.165, 1.54) is 11.1 Å². The van der Waals surface area contributed by atoms with Gasteiger partial charge < -0.3 is 0 Å². The van der Waals surface area contributed by atoms with Crippen molar-refractivity contribution >= 4 is 42.8 Å². The second-order valence-electron chi connectivity index (χ2n) is 5.15. The Morgan fingerprint density at radius 2 is 1.86 bits per heavy atom. The van der Waals surface area contributed by atoms with Crippen molar-refractivity contribution in [3.05, 3.63) is 72.6 Å². The second kappa shape index (κ2) is 4.78. The van der Waals surface area contributed by atoms with Gasteiger partial charge in [-0.25, -0.2) is 4.98 Å². The molecule has 2 aromatic carbocycles. The van der Waals surface area contributed by atoms with E-state index in [2.05, 4.69) is 44.0 Å². The molecule has 1 aromatic heterocycles. The number of halogens is 2. The third kappa shape index (κ3) is 2.07. The molecule has 0 saturated carbocycles. The fourth-order valence-corrected chi connectivity index (χ4v) is 4.13. The van der Waals surface area contributed by atoms with Crippen LogP contribution in [0.25, 0.3) is 10.9 Å². The van der Waals surface area contributed by atoms with Gasteiger partial charge in [-0.15, -0.1) is 0 Å². The Morgan fingerprint density at radius 1 is 1.10 bits per heavy atom. The highest BCUT2D eigenvalue weighted by atomic mass is 79.9. The molecule has 0 fully saturated rings. The lowest BCUT2D eigenvalue weighted by Gasteiger charge is -2.21. The second-order valence-corrected chi connectivity index (χ2v) is 6.92. The standard InChI is InChI=1S/C16H10Br2N2O/c17-11-6-12-15(13(18)7-11)19-14-5-9-3-1-2-4-10(9)8-20(14)16(12)21/h1-4,6-7H,5,8H2. The van der Waals surface area contributed by atoms with Crippen LogP contribution >= 0.6 is 31.9 Å². The summed E-state index contributed by atoms with van der Waals surface area (Å²) in [6.45, 7) is 0.595. The summed E-state index contributed by atoms with van der Waals surface area (Å²) in [5.74, 6) is 0.828. The summed E-state index contributed by atoms with van der Waals surface area (Å²) in [7, 11) is 0. The number of nitrogens with zero attached hydrogens (tertiary/aromatic N) is 2. The number of aromatic nitrogens is 2. The van der Waals surface area contributed by atoms with Gasteiger partial charge in [-0.2, -0.15) is 0 Å².